The maximum atomic E-state index is 11.7. The number of primary amides is 1. The molecule has 0 atom stereocenters. The molecule has 19 heavy (non-hydrogen) atoms. The monoisotopic (exact) mass is 258 g/mol. The van der Waals surface area contributed by atoms with Crippen LogP contribution < -0.4 is 11.1 Å². The lowest BCUT2D eigenvalue weighted by Gasteiger charge is -2.27. The molecule has 1 fully saturated rings. The first-order valence-electron chi connectivity index (χ1n) is 7.03. The van der Waals surface area contributed by atoms with Crippen LogP contribution in [0.4, 0.5) is 0 Å². The summed E-state index contributed by atoms with van der Waals surface area (Å²) in [7, 11) is 0. The van der Waals surface area contributed by atoms with Crippen LogP contribution in [0.1, 0.15) is 31.7 Å². The quantitative estimate of drug-likeness (QED) is 0.814. The molecule has 1 aliphatic rings. The first-order valence-corrected chi connectivity index (χ1v) is 7.03. The molecule has 0 aliphatic carbocycles. The molecule has 1 aromatic carbocycles. The van der Waals surface area contributed by atoms with E-state index in [4.69, 9.17) is 5.73 Å². The molecule has 1 aliphatic heterocycles. The average Bonchev–Trinajstić information content (AvgIpc) is 2.46. The summed E-state index contributed by atoms with van der Waals surface area (Å²) in [4.78, 5) is 11.7. The fourth-order valence-corrected chi connectivity index (χ4v) is 2.88. The van der Waals surface area contributed by atoms with Crippen LogP contribution in [0.5, 0.6) is 0 Å². The van der Waals surface area contributed by atoms with Crippen molar-refractivity contribution in [2.75, 3.05) is 13.1 Å². The van der Waals surface area contributed by atoms with E-state index in [1.807, 2.05) is 25.1 Å². The number of nitrogens with one attached hydrogen (secondary N) is 1. The highest BCUT2D eigenvalue weighted by Crippen LogP contribution is 2.33. The van der Waals surface area contributed by atoms with Gasteiger partial charge in [0.15, 0.2) is 0 Å². The van der Waals surface area contributed by atoms with Gasteiger partial charge in [-0.15, -0.1) is 0 Å². The Kier molecular flexibility index (Phi) is 4.74. The zero-order chi connectivity index (χ0) is 13.7. The summed E-state index contributed by atoms with van der Waals surface area (Å²) in [6.45, 7) is 4.03. The van der Waals surface area contributed by atoms with Crippen LogP contribution in [-0.4, -0.2) is 19.0 Å². The molecule has 1 amide bonds. The van der Waals surface area contributed by atoms with Crippen molar-refractivity contribution in [2.45, 2.75) is 26.2 Å². The summed E-state index contributed by atoms with van der Waals surface area (Å²) in [5.41, 5.74) is 8.68. The largest absolute Gasteiger partial charge is 0.366 e. The minimum Gasteiger partial charge on any atom is -0.366 e. The lowest BCUT2D eigenvalue weighted by molar-refractivity contribution is -0.114. The average molecular weight is 258 g/mol. The van der Waals surface area contributed by atoms with Crippen LogP contribution in [0.15, 0.2) is 35.9 Å². The molecule has 3 nitrogen and oxygen atoms in total. The van der Waals surface area contributed by atoms with Gasteiger partial charge in [0, 0.05) is 5.57 Å². The van der Waals surface area contributed by atoms with Crippen molar-refractivity contribution in [3.63, 3.8) is 0 Å². The summed E-state index contributed by atoms with van der Waals surface area (Å²) in [5.74, 6) is 0.158. The van der Waals surface area contributed by atoms with Gasteiger partial charge in [0.25, 0.3) is 0 Å². The fraction of sp³-hybridized carbons (Fsp3) is 0.438. The topological polar surface area (TPSA) is 55.1 Å². The van der Waals surface area contributed by atoms with Crippen LogP contribution in [0.3, 0.4) is 0 Å². The number of piperidine rings is 1. The smallest absolute Gasteiger partial charge is 0.244 e. The Morgan fingerprint density at radius 1 is 1.26 bits per heavy atom. The van der Waals surface area contributed by atoms with E-state index in [1.54, 1.807) is 0 Å². The molecule has 2 rings (SSSR count). The zero-order valence-electron chi connectivity index (χ0n) is 11.5. The van der Waals surface area contributed by atoms with E-state index in [0.29, 0.717) is 12.3 Å². The van der Waals surface area contributed by atoms with Crippen molar-refractivity contribution in [1.29, 1.82) is 0 Å². The van der Waals surface area contributed by atoms with Crippen molar-refractivity contribution >= 4 is 11.5 Å². The summed E-state index contributed by atoms with van der Waals surface area (Å²) >= 11 is 0. The van der Waals surface area contributed by atoms with Gasteiger partial charge in [-0.25, -0.2) is 0 Å². The maximum Gasteiger partial charge on any atom is 0.244 e. The van der Waals surface area contributed by atoms with E-state index in [0.717, 1.165) is 42.6 Å². The Balaban J connectivity index is 2.46. The molecule has 0 saturated carbocycles. The highest BCUT2D eigenvalue weighted by Gasteiger charge is 2.23. The van der Waals surface area contributed by atoms with Gasteiger partial charge in [-0.3, -0.25) is 4.79 Å². The number of rotatable bonds is 4. The van der Waals surface area contributed by atoms with Crippen LogP contribution in [0.25, 0.3) is 5.57 Å². The number of benzene rings is 1. The SMILES string of the molecule is CC/C(C(N)=O)=C(\c1ccccc1)C1CCNCC1. The lowest BCUT2D eigenvalue weighted by atomic mass is 9.82. The van der Waals surface area contributed by atoms with Crippen molar-refractivity contribution < 1.29 is 4.79 Å². The van der Waals surface area contributed by atoms with Gasteiger partial charge in [0.2, 0.25) is 5.91 Å². The van der Waals surface area contributed by atoms with Crippen LogP contribution in [0, 0.1) is 5.92 Å². The zero-order valence-corrected chi connectivity index (χ0v) is 11.5. The summed E-state index contributed by atoms with van der Waals surface area (Å²) in [6.07, 6.45) is 2.84. The van der Waals surface area contributed by atoms with Crippen LogP contribution in [0.2, 0.25) is 0 Å². The van der Waals surface area contributed by atoms with Crippen LogP contribution >= 0.6 is 0 Å². The van der Waals surface area contributed by atoms with Crippen molar-refractivity contribution in [2.24, 2.45) is 11.7 Å². The van der Waals surface area contributed by atoms with E-state index in [2.05, 4.69) is 17.4 Å². The molecule has 3 heteroatoms. The molecule has 0 bridgehead atoms. The molecule has 3 N–H and O–H groups in total. The first-order chi connectivity index (χ1) is 9.24. The van der Waals surface area contributed by atoms with Gasteiger partial charge in [-0.05, 0) is 49.4 Å². The molecule has 1 aromatic rings. The Morgan fingerprint density at radius 2 is 1.89 bits per heavy atom. The van der Waals surface area contributed by atoms with E-state index < -0.39 is 0 Å². The van der Waals surface area contributed by atoms with Gasteiger partial charge in [0.05, 0.1) is 0 Å². The third-order valence-corrected chi connectivity index (χ3v) is 3.81. The van der Waals surface area contributed by atoms with Gasteiger partial charge in [-0.1, -0.05) is 37.3 Å². The number of amides is 1. The Morgan fingerprint density at radius 3 is 2.42 bits per heavy atom. The summed E-state index contributed by atoms with van der Waals surface area (Å²) in [5, 5.41) is 3.37. The molecule has 1 saturated heterocycles. The van der Waals surface area contributed by atoms with E-state index in [1.165, 1.54) is 0 Å². The minimum absolute atomic E-state index is 0.278. The Labute approximate surface area is 114 Å². The molecule has 0 spiro atoms. The Bertz CT molecular complexity index is 459. The van der Waals surface area contributed by atoms with Gasteiger partial charge >= 0.3 is 0 Å². The van der Waals surface area contributed by atoms with E-state index >= 15 is 0 Å². The van der Waals surface area contributed by atoms with Crippen LogP contribution in [-0.2, 0) is 4.79 Å². The van der Waals surface area contributed by atoms with Crippen molar-refractivity contribution in [1.82, 2.24) is 5.32 Å². The fourth-order valence-electron chi connectivity index (χ4n) is 2.88. The summed E-state index contributed by atoms with van der Waals surface area (Å²) < 4.78 is 0. The van der Waals surface area contributed by atoms with Crippen molar-refractivity contribution in [3.05, 3.63) is 41.5 Å². The number of hydrogen-bond acceptors (Lipinski definition) is 2. The number of allylic oxidation sites excluding steroid dienone is 1. The number of carbonyl (C=O) groups excluding carboxylic acids is 1. The van der Waals surface area contributed by atoms with E-state index in [9.17, 15) is 4.79 Å². The molecule has 1 heterocycles. The third-order valence-electron chi connectivity index (χ3n) is 3.81. The predicted octanol–water partition coefficient (Wildman–Crippen LogP) is 2.34. The molecular weight excluding hydrogens is 236 g/mol. The minimum atomic E-state index is -0.278. The van der Waals surface area contributed by atoms with E-state index in [-0.39, 0.29) is 5.91 Å². The second-order valence-electron chi connectivity index (χ2n) is 5.00. The maximum absolute atomic E-state index is 11.7. The Hall–Kier alpha value is -1.61. The molecule has 102 valence electrons. The van der Waals surface area contributed by atoms with Crippen molar-refractivity contribution in [3.8, 4) is 0 Å². The normalized spacial score (nSPS) is 17.9. The highest BCUT2D eigenvalue weighted by atomic mass is 16.1. The summed E-state index contributed by atoms with van der Waals surface area (Å²) in [6, 6.07) is 10.2. The molecule has 0 radical (unpaired) electrons. The first kappa shape index (κ1) is 13.8. The third kappa shape index (κ3) is 3.24. The molecule has 0 unspecified atom stereocenters. The predicted molar refractivity (Wildman–Crippen MR) is 78.4 cm³/mol. The lowest BCUT2D eigenvalue weighted by Crippen LogP contribution is -2.29. The number of nitrogens with two attached hydrogens (primary N) is 1. The van der Waals surface area contributed by atoms with Gasteiger partial charge < -0.3 is 11.1 Å². The number of hydrogen-bond donors (Lipinski definition) is 2. The van der Waals surface area contributed by atoms with Gasteiger partial charge in [-0.2, -0.15) is 0 Å². The highest BCUT2D eigenvalue weighted by molar-refractivity contribution is 6.00. The standard InChI is InChI=1S/C16H22N2O/c1-2-14(16(17)19)15(12-6-4-3-5-7-12)13-8-10-18-11-9-13/h3-7,13,18H,2,8-11H2,1H3,(H2,17,19)/b15-14-. The van der Waals surface area contributed by atoms with Gasteiger partial charge in [0.1, 0.15) is 0 Å². The molecular formula is C16H22N2O. The number of carbonyl (C=O) groups is 1. The molecule has 0 aromatic heterocycles. The second-order valence-corrected chi connectivity index (χ2v) is 5.00. The second kappa shape index (κ2) is 6.53.